The standard InChI is InChI=1S/C12H14IN/c1-7(2)10-6-12(13)8(3)5-11(10)9(4)14/h5-6,14H,1H2,2-4H3. The number of nitrogens with one attached hydrogen (secondary N) is 1. The molecule has 1 nitrogen and oxygen atoms in total. The lowest BCUT2D eigenvalue weighted by atomic mass is 9.97. The van der Waals surface area contributed by atoms with Gasteiger partial charge in [-0.05, 0) is 66.6 Å². The number of hydrogen-bond donors (Lipinski definition) is 1. The molecule has 0 aliphatic heterocycles. The van der Waals surface area contributed by atoms with Gasteiger partial charge >= 0.3 is 0 Å². The maximum absolute atomic E-state index is 7.69. The summed E-state index contributed by atoms with van der Waals surface area (Å²) >= 11 is 2.31. The van der Waals surface area contributed by atoms with Crippen LogP contribution in [0.25, 0.3) is 5.57 Å². The summed E-state index contributed by atoms with van der Waals surface area (Å²) in [4.78, 5) is 0. The molecule has 0 bridgehead atoms. The summed E-state index contributed by atoms with van der Waals surface area (Å²) in [7, 11) is 0. The quantitative estimate of drug-likeness (QED) is 0.630. The summed E-state index contributed by atoms with van der Waals surface area (Å²) in [6, 6.07) is 4.17. The van der Waals surface area contributed by atoms with E-state index in [1.165, 1.54) is 9.13 Å². The molecular formula is C12H14IN. The van der Waals surface area contributed by atoms with E-state index in [0.29, 0.717) is 5.71 Å². The van der Waals surface area contributed by atoms with Crippen LogP contribution in [0.4, 0.5) is 0 Å². The molecule has 0 aliphatic rings. The Bertz CT molecular complexity index is 366. The summed E-state index contributed by atoms with van der Waals surface area (Å²) in [6.07, 6.45) is 0. The largest absolute Gasteiger partial charge is 0.305 e. The summed E-state index contributed by atoms with van der Waals surface area (Å²) in [5, 5.41) is 7.69. The number of aryl methyl sites for hydroxylation is 1. The van der Waals surface area contributed by atoms with Gasteiger partial charge in [-0.25, -0.2) is 0 Å². The van der Waals surface area contributed by atoms with Gasteiger partial charge in [-0.1, -0.05) is 12.2 Å². The minimum absolute atomic E-state index is 0.600. The fourth-order valence-corrected chi connectivity index (χ4v) is 1.81. The van der Waals surface area contributed by atoms with Gasteiger partial charge in [-0.2, -0.15) is 0 Å². The Balaban J connectivity index is 3.46. The minimum Gasteiger partial charge on any atom is -0.305 e. The average molecular weight is 299 g/mol. The van der Waals surface area contributed by atoms with Gasteiger partial charge in [0.2, 0.25) is 0 Å². The molecule has 2 heteroatoms. The van der Waals surface area contributed by atoms with E-state index in [1.807, 2.05) is 13.8 Å². The second-order valence-corrected chi connectivity index (χ2v) is 4.71. The van der Waals surface area contributed by atoms with Gasteiger partial charge in [0.15, 0.2) is 0 Å². The zero-order valence-electron chi connectivity index (χ0n) is 8.74. The number of halogens is 1. The van der Waals surface area contributed by atoms with Crippen LogP contribution in [0, 0.1) is 15.9 Å². The van der Waals surface area contributed by atoms with Crippen LogP contribution >= 0.6 is 22.6 Å². The van der Waals surface area contributed by atoms with Crippen molar-refractivity contribution in [2.24, 2.45) is 0 Å². The molecule has 0 unspecified atom stereocenters. The highest BCUT2D eigenvalue weighted by Crippen LogP contribution is 2.23. The highest BCUT2D eigenvalue weighted by Gasteiger charge is 2.07. The zero-order chi connectivity index (χ0) is 10.9. The van der Waals surface area contributed by atoms with Crippen LogP contribution < -0.4 is 0 Å². The SMILES string of the molecule is C=C(C)c1cc(I)c(C)cc1C(C)=N. The lowest BCUT2D eigenvalue weighted by Crippen LogP contribution is -2.00. The van der Waals surface area contributed by atoms with E-state index in [2.05, 4.69) is 48.2 Å². The zero-order valence-corrected chi connectivity index (χ0v) is 10.9. The van der Waals surface area contributed by atoms with Crippen LogP contribution in [0.2, 0.25) is 0 Å². The Morgan fingerprint density at radius 2 is 1.86 bits per heavy atom. The van der Waals surface area contributed by atoms with Gasteiger partial charge in [0.25, 0.3) is 0 Å². The van der Waals surface area contributed by atoms with Crippen molar-refractivity contribution in [1.82, 2.24) is 0 Å². The molecule has 0 saturated carbocycles. The van der Waals surface area contributed by atoms with Gasteiger partial charge < -0.3 is 5.41 Å². The monoisotopic (exact) mass is 299 g/mol. The summed E-state index contributed by atoms with van der Waals surface area (Å²) < 4.78 is 1.23. The van der Waals surface area contributed by atoms with Crippen LogP contribution in [-0.2, 0) is 0 Å². The van der Waals surface area contributed by atoms with Crippen molar-refractivity contribution in [1.29, 1.82) is 5.41 Å². The normalized spacial score (nSPS) is 10.0. The van der Waals surface area contributed by atoms with E-state index in [0.717, 1.165) is 16.7 Å². The molecule has 0 amide bonds. The van der Waals surface area contributed by atoms with Crippen molar-refractivity contribution in [3.8, 4) is 0 Å². The van der Waals surface area contributed by atoms with Gasteiger partial charge in [0, 0.05) is 14.8 Å². The van der Waals surface area contributed by atoms with Gasteiger partial charge in [-0.15, -0.1) is 0 Å². The van der Waals surface area contributed by atoms with Crippen molar-refractivity contribution in [2.45, 2.75) is 20.8 Å². The molecule has 1 aromatic carbocycles. The second kappa shape index (κ2) is 4.26. The molecular weight excluding hydrogens is 285 g/mol. The lowest BCUT2D eigenvalue weighted by Gasteiger charge is -2.10. The molecule has 1 aromatic rings. The number of benzene rings is 1. The van der Waals surface area contributed by atoms with Crippen LogP contribution in [0.3, 0.4) is 0 Å². The van der Waals surface area contributed by atoms with Crippen LogP contribution in [0.15, 0.2) is 18.7 Å². The Hall–Kier alpha value is -0.640. The maximum atomic E-state index is 7.69. The highest BCUT2D eigenvalue weighted by molar-refractivity contribution is 14.1. The molecule has 0 fully saturated rings. The predicted molar refractivity (Wildman–Crippen MR) is 71.1 cm³/mol. The first-order valence-electron chi connectivity index (χ1n) is 4.45. The maximum Gasteiger partial charge on any atom is 0.0361 e. The average Bonchev–Trinajstić information content (AvgIpc) is 2.08. The molecule has 74 valence electrons. The van der Waals surface area contributed by atoms with Crippen LogP contribution in [0.1, 0.15) is 30.5 Å². The third-order valence-electron chi connectivity index (χ3n) is 2.16. The first-order chi connectivity index (χ1) is 6.43. The van der Waals surface area contributed by atoms with Crippen LogP contribution in [0.5, 0.6) is 0 Å². The molecule has 0 radical (unpaired) electrons. The topological polar surface area (TPSA) is 23.9 Å². The second-order valence-electron chi connectivity index (χ2n) is 3.55. The van der Waals surface area contributed by atoms with Crippen molar-refractivity contribution >= 4 is 33.9 Å². The van der Waals surface area contributed by atoms with E-state index in [-0.39, 0.29) is 0 Å². The molecule has 0 aromatic heterocycles. The molecule has 0 aliphatic carbocycles. The van der Waals surface area contributed by atoms with Crippen molar-refractivity contribution < 1.29 is 0 Å². The van der Waals surface area contributed by atoms with Crippen LogP contribution in [-0.4, -0.2) is 5.71 Å². The van der Waals surface area contributed by atoms with Crippen molar-refractivity contribution in [2.75, 3.05) is 0 Å². The minimum atomic E-state index is 0.600. The molecule has 0 atom stereocenters. The third kappa shape index (κ3) is 2.23. The van der Waals surface area contributed by atoms with Gasteiger partial charge in [0.05, 0.1) is 0 Å². The van der Waals surface area contributed by atoms with Gasteiger partial charge in [-0.3, -0.25) is 0 Å². The smallest absolute Gasteiger partial charge is 0.0361 e. The first kappa shape index (κ1) is 11.4. The van der Waals surface area contributed by atoms with Gasteiger partial charge in [0.1, 0.15) is 0 Å². The van der Waals surface area contributed by atoms with E-state index in [4.69, 9.17) is 5.41 Å². The fraction of sp³-hybridized carbons (Fsp3) is 0.250. The van der Waals surface area contributed by atoms with E-state index < -0.39 is 0 Å². The van der Waals surface area contributed by atoms with E-state index in [9.17, 15) is 0 Å². The fourth-order valence-electron chi connectivity index (χ4n) is 1.34. The first-order valence-corrected chi connectivity index (χ1v) is 5.53. The molecule has 0 spiro atoms. The Morgan fingerprint density at radius 3 is 2.29 bits per heavy atom. The Labute approximate surface area is 98.9 Å². The lowest BCUT2D eigenvalue weighted by molar-refractivity contribution is 1.36. The molecule has 0 heterocycles. The summed E-state index contributed by atoms with van der Waals surface area (Å²) in [5.41, 5.74) is 4.92. The van der Waals surface area contributed by atoms with Crippen molar-refractivity contribution in [3.05, 3.63) is 39.0 Å². The summed E-state index contributed by atoms with van der Waals surface area (Å²) in [5.74, 6) is 0. The van der Waals surface area contributed by atoms with E-state index >= 15 is 0 Å². The van der Waals surface area contributed by atoms with Crippen molar-refractivity contribution in [3.63, 3.8) is 0 Å². The van der Waals surface area contributed by atoms with E-state index in [1.54, 1.807) is 0 Å². The molecule has 0 saturated heterocycles. The third-order valence-corrected chi connectivity index (χ3v) is 3.32. The number of allylic oxidation sites excluding steroid dienone is 1. The Kier molecular flexibility index (Phi) is 3.48. The summed E-state index contributed by atoms with van der Waals surface area (Å²) in [6.45, 7) is 9.80. The Morgan fingerprint density at radius 1 is 1.29 bits per heavy atom. The predicted octanol–water partition coefficient (Wildman–Crippen LogP) is 4.02. The highest BCUT2D eigenvalue weighted by atomic mass is 127. The molecule has 14 heavy (non-hydrogen) atoms. The number of rotatable bonds is 2. The number of hydrogen-bond acceptors (Lipinski definition) is 1. The molecule has 1 rings (SSSR count). The molecule has 1 N–H and O–H groups in total.